The smallest absolute Gasteiger partial charge is 0.155 e. The molecule has 2 N–H and O–H groups in total. The predicted octanol–water partition coefficient (Wildman–Crippen LogP) is 0.725. The maximum atomic E-state index is 4.31. The second kappa shape index (κ2) is 1.87. The van der Waals surface area contributed by atoms with Crippen molar-refractivity contribution in [3.63, 3.8) is 0 Å². The fraction of sp³-hybridized carbons (Fsp3) is 0.375. The third-order valence-electron chi connectivity index (χ3n) is 2.14. The van der Waals surface area contributed by atoms with Crippen LogP contribution in [0.4, 0.5) is 0 Å². The van der Waals surface area contributed by atoms with Gasteiger partial charge in [-0.2, -0.15) is 0 Å². The average molecular weight is 149 g/mol. The topological polar surface area (TPSA) is 36.4 Å². The Kier molecular flexibility index (Phi) is 1.10. The summed E-state index contributed by atoms with van der Waals surface area (Å²) in [6.45, 7) is 4.13. The van der Waals surface area contributed by atoms with E-state index in [0.29, 0.717) is 0 Å². The number of hydrogen-bond acceptors (Lipinski definition) is 3. The van der Waals surface area contributed by atoms with E-state index in [1.807, 2.05) is 12.4 Å². The Labute approximate surface area is 65.9 Å². The zero-order valence-corrected chi connectivity index (χ0v) is 6.68. The van der Waals surface area contributed by atoms with Crippen molar-refractivity contribution >= 4 is 6.34 Å². The highest BCUT2D eigenvalue weighted by molar-refractivity contribution is 5.63. The Morgan fingerprint density at radius 1 is 1.45 bits per heavy atom. The predicted molar refractivity (Wildman–Crippen MR) is 45.0 cm³/mol. The Morgan fingerprint density at radius 2 is 2.27 bits per heavy atom. The van der Waals surface area contributed by atoms with Crippen LogP contribution in [0, 0.1) is 0 Å². The molecule has 3 heteroatoms. The van der Waals surface area contributed by atoms with E-state index in [-0.39, 0.29) is 5.66 Å². The summed E-state index contributed by atoms with van der Waals surface area (Å²) in [5.41, 5.74) is 2.26. The summed E-state index contributed by atoms with van der Waals surface area (Å²) in [5.74, 6) is 0. The lowest BCUT2D eigenvalue weighted by Crippen LogP contribution is -2.38. The molecule has 2 aliphatic rings. The van der Waals surface area contributed by atoms with Crippen LogP contribution in [0.1, 0.15) is 13.8 Å². The number of nitrogens with one attached hydrogen (secondary N) is 2. The van der Waals surface area contributed by atoms with Gasteiger partial charge in [-0.15, -0.1) is 0 Å². The molecular formula is C8H11N3. The van der Waals surface area contributed by atoms with Crippen molar-refractivity contribution in [3.05, 3.63) is 23.5 Å². The van der Waals surface area contributed by atoms with Gasteiger partial charge >= 0.3 is 0 Å². The molecule has 0 saturated carbocycles. The molecule has 0 aromatic carbocycles. The lowest BCUT2D eigenvalue weighted by Gasteiger charge is -2.25. The van der Waals surface area contributed by atoms with E-state index >= 15 is 0 Å². The summed E-state index contributed by atoms with van der Waals surface area (Å²) in [7, 11) is 0. The summed E-state index contributed by atoms with van der Waals surface area (Å²) >= 11 is 0. The van der Waals surface area contributed by atoms with Crippen LogP contribution in [0.5, 0.6) is 0 Å². The molecule has 0 aromatic heterocycles. The maximum absolute atomic E-state index is 4.31. The number of nitrogens with zero attached hydrogens (tertiary/aromatic N) is 1. The highest BCUT2D eigenvalue weighted by Gasteiger charge is 2.33. The van der Waals surface area contributed by atoms with Gasteiger partial charge in [-0.3, -0.25) is 0 Å². The summed E-state index contributed by atoms with van der Waals surface area (Å²) in [5, 5.41) is 6.19. The van der Waals surface area contributed by atoms with Crippen LogP contribution in [-0.2, 0) is 0 Å². The van der Waals surface area contributed by atoms with Crippen molar-refractivity contribution in [2.24, 2.45) is 4.99 Å². The first-order chi connectivity index (χ1) is 5.22. The van der Waals surface area contributed by atoms with Gasteiger partial charge in [0.2, 0.25) is 0 Å². The van der Waals surface area contributed by atoms with E-state index < -0.39 is 0 Å². The average Bonchev–Trinajstić information content (AvgIpc) is 2.29. The third kappa shape index (κ3) is 0.770. The van der Waals surface area contributed by atoms with Gasteiger partial charge in [0.25, 0.3) is 0 Å². The standard InChI is InChI=1S/C8H11N3/c1-6-3-10-8(2)7(6)4-9-5-11-8/h3-5,10H,1-2H3,(H,9,11). The summed E-state index contributed by atoms with van der Waals surface area (Å²) in [6.07, 6.45) is 5.69. The Bertz CT molecular complexity index is 275. The van der Waals surface area contributed by atoms with Crippen molar-refractivity contribution in [2.75, 3.05) is 0 Å². The number of aliphatic imine (C=N–C) groups is 1. The fourth-order valence-corrected chi connectivity index (χ4v) is 1.44. The summed E-state index contributed by atoms with van der Waals surface area (Å²) in [6, 6.07) is 0. The van der Waals surface area contributed by atoms with Crippen LogP contribution in [0.2, 0.25) is 0 Å². The molecule has 1 unspecified atom stereocenters. The van der Waals surface area contributed by atoms with Gasteiger partial charge < -0.3 is 10.6 Å². The highest BCUT2D eigenvalue weighted by atomic mass is 15.2. The van der Waals surface area contributed by atoms with Gasteiger partial charge in [0.1, 0.15) is 0 Å². The first kappa shape index (κ1) is 6.46. The molecule has 0 bridgehead atoms. The van der Waals surface area contributed by atoms with Gasteiger partial charge in [0.15, 0.2) is 5.66 Å². The SMILES string of the molecule is CC1=CNC2(C)N=CNC=C12. The number of hydrogen-bond donors (Lipinski definition) is 2. The minimum absolute atomic E-state index is 0.213. The van der Waals surface area contributed by atoms with Gasteiger partial charge in [-0.05, 0) is 19.4 Å². The first-order valence-electron chi connectivity index (χ1n) is 3.68. The second-order valence-corrected chi connectivity index (χ2v) is 3.03. The molecule has 0 spiro atoms. The van der Waals surface area contributed by atoms with Gasteiger partial charge in [0, 0.05) is 18.0 Å². The molecule has 0 aromatic rings. The quantitative estimate of drug-likeness (QED) is 0.532. The highest BCUT2D eigenvalue weighted by Crippen LogP contribution is 2.30. The first-order valence-corrected chi connectivity index (χ1v) is 3.68. The van der Waals surface area contributed by atoms with Gasteiger partial charge in [-0.25, -0.2) is 4.99 Å². The molecule has 11 heavy (non-hydrogen) atoms. The molecule has 2 rings (SSSR count). The van der Waals surface area contributed by atoms with Crippen LogP contribution in [-0.4, -0.2) is 12.0 Å². The van der Waals surface area contributed by atoms with E-state index in [1.54, 1.807) is 6.34 Å². The molecule has 2 heterocycles. The fourth-order valence-electron chi connectivity index (χ4n) is 1.44. The largest absolute Gasteiger partial charge is 0.364 e. The zero-order chi connectivity index (χ0) is 7.90. The van der Waals surface area contributed by atoms with Crippen molar-refractivity contribution in [3.8, 4) is 0 Å². The minimum Gasteiger partial charge on any atom is -0.364 e. The van der Waals surface area contributed by atoms with E-state index in [1.165, 1.54) is 11.1 Å². The molecule has 0 saturated heterocycles. The zero-order valence-electron chi connectivity index (χ0n) is 6.68. The van der Waals surface area contributed by atoms with E-state index in [2.05, 4.69) is 29.5 Å². The molecule has 0 fully saturated rings. The molecule has 58 valence electrons. The van der Waals surface area contributed by atoms with Crippen LogP contribution in [0.3, 0.4) is 0 Å². The van der Waals surface area contributed by atoms with E-state index in [0.717, 1.165) is 0 Å². The Morgan fingerprint density at radius 3 is 3.00 bits per heavy atom. The van der Waals surface area contributed by atoms with Crippen molar-refractivity contribution < 1.29 is 0 Å². The molecule has 3 nitrogen and oxygen atoms in total. The van der Waals surface area contributed by atoms with Crippen molar-refractivity contribution in [1.29, 1.82) is 0 Å². The van der Waals surface area contributed by atoms with E-state index in [9.17, 15) is 0 Å². The van der Waals surface area contributed by atoms with Crippen molar-refractivity contribution in [1.82, 2.24) is 10.6 Å². The van der Waals surface area contributed by atoms with Crippen LogP contribution in [0.15, 0.2) is 28.5 Å². The monoisotopic (exact) mass is 149 g/mol. The molecule has 0 aliphatic carbocycles. The molecule has 0 amide bonds. The second-order valence-electron chi connectivity index (χ2n) is 3.03. The maximum Gasteiger partial charge on any atom is 0.155 e. The Hall–Kier alpha value is -1.25. The Balaban J connectivity index is 2.43. The molecule has 2 aliphatic heterocycles. The normalized spacial score (nSPS) is 33.3. The van der Waals surface area contributed by atoms with Crippen molar-refractivity contribution in [2.45, 2.75) is 19.5 Å². The lowest BCUT2D eigenvalue weighted by molar-refractivity contribution is 0.518. The summed E-state index contributed by atoms with van der Waals surface area (Å²) in [4.78, 5) is 4.31. The van der Waals surface area contributed by atoms with Gasteiger partial charge in [0.05, 0.1) is 6.34 Å². The third-order valence-corrected chi connectivity index (χ3v) is 2.14. The molecule has 0 radical (unpaired) electrons. The van der Waals surface area contributed by atoms with E-state index in [4.69, 9.17) is 0 Å². The number of fused-ring (bicyclic) bond motifs is 1. The van der Waals surface area contributed by atoms with Crippen LogP contribution < -0.4 is 10.6 Å². The number of rotatable bonds is 0. The minimum atomic E-state index is -0.213. The molecular weight excluding hydrogens is 138 g/mol. The van der Waals surface area contributed by atoms with Crippen LogP contribution in [0.25, 0.3) is 0 Å². The lowest BCUT2D eigenvalue weighted by atomic mass is 10.0. The van der Waals surface area contributed by atoms with Crippen LogP contribution >= 0.6 is 0 Å². The summed E-state index contributed by atoms with van der Waals surface area (Å²) < 4.78 is 0. The molecule has 1 atom stereocenters. The van der Waals surface area contributed by atoms with Gasteiger partial charge in [-0.1, -0.05) is 0 Å².